The first-order chi connectivity index (χ1) is 12.1. The first-order valence-electron chi connectivity index (χ1n) is 7.65. The lowest BCUT2D eigenvalue weighted by atomic mass is 10.4. The molecule has 0 saturated heterocycles. The molecular weight excluding hydrogens is 332 g/mol. The molecule has 0 aliphatic rings. The molecule has 0 unspecified atom stereocenters. The largest absolute Gasteiger partial charge is 0.378 e. The summed E-state index contributed by atoms with van der Waals surface area (Å²) in [6, 6.07) is 0. The quantitative estimate of drug-likeness (QED) is 0.177. The number of hydrogen-bond donors (Lipinski definition) is 2. The van der Waals surface area contributed by atoms with Crippen molar-refractivity contribution in [3.63, 3.8) is 0 Å². The van der Waals surface area contributed by atoms with Crippen molar-refractivity contribution in [2.45, 2.75) is 0 Å². The maximum atomic E-state index is 11.8. The molecular formula is C12H24N10O3. The SMILES string of the molecule is [N-]=[N+]=NCC(=O)N(CCN)CCOCCN(CCN)C(=O)CN=[N+]=[N-]. The third-order valence-corrected chi connectivity index (χ3v) is 3.05. The van der Waals surface area contributed by atoms with Crippen molar-refractivity contribution in [2.75, 3.05) is 65.6 Å². The van der Waals surface area contributed by atoms with Gasteiger partial charge in [0.2, 0.25) is 11.8 Å². The number of carbonyl (C=O) groups is 2. The molecule has 0 rings (SSSR count). The monoisotopic (exact) mass is 356 g/mol. The van der Waals surface area contributed by atoms with Crippen LogP contribution in [-0.2, 0) is 14.3 Å². The highest BCUT2D eigenvalue weighted by molar-refractivity contribution is 5.78. The summed E-state index contributed by atoms with van der Waals surface area (Å²) in [6.07, 6.45) is 0. The molecule has 0 spiro atoms. The van der Waals surface area contributed by atoms with Gasteiger partial charge >= 0.3 is 0 Å². The molecule has 25 heavy (non-hydrogen) atoms. The maximum absolute atomic E-state index is 11.8. The van der Waals surface area contributed by atoms with Crippen LogP contribution in [0.2, 0.25) is 0 Å². The Hall–Kier alpha value is -2.56. The minimum atomic E-state index is -0.332. The summed E-state index contributed by atoms with van der Waals surface area (Å²) in [5, 5.41) is 6.45. The van der Waals surface area contributed by atoms with Gasteiger partial charge in [-0.05, 0) is 11.1 Å². The maximum Gasteiger partial charge on any atom is 0.228 e. The van der Waals surface area contributed by atoms with E-state index in [0.717, 1.165) is 0 Å². The summed E-state index contributed by atoms with van der Waals surface area (Å²) in [5.41, 5.74) is 27.4. The number of azide groups is 2. The standard InChI is InChI=1S/C12H24N10O3/c13-1-3-21(11(23)9-17-19-15)5-7-25-8-6-22(4-2-14)12(24)10-18-20-16/h1-10,13-14H2. The molecule has 0 radical (unpaired) electrons. The van der Waals surface area contributed by atoms with Crippen LogP contribution in [0.15, 0.2) is 10.2 Å². The van der Waals surface area contributed by atoms with Crippen LogP contribution >= 0.6 is 0 Å². The number of rotatable bonds is 14. The molecule has 140 valence electrons. The molecule has 0 aliphatic heterocycles. The van der Waals surface area contributed by atoms with Crippen LogP contribution in [0.4, 0.5) is 0 Å². The second-order valence-electron chi connectivity index (χ2n) is 4.73. The Morgan fingerprint density at radius 3 is 1.56 bits per heavy atom. The van der Waals surface area contributed by atoms with E-state index in [1.165, 1.54) is 9.80 Å². The number of nitrogens with zero attached hydrogens (tertiary/aromatic N) is 8. The van der Waals surface area contributed by atoms with Crippen LogP contribution in [0.5, 0.6) is 0 Å². The van der Waals surface area contributed by atoms with E-state index in [9.17, 15) is 9.59 Å². The Bertz CT molecular complexity index is 457. The fourth-order valence-electron chi connectivity index (χ4n) is 1.87. The lowest BCUT2D eigenvalue weighted by molar-refractivity contribution is -0.130. The topological polar surface area (TPSA) is 199 Å². The van der Waals surface area contributed by atoms with Crippen molar-refractivity contribution in [3.05, 3.63) is 20.9 Å². The van der Waals surface area contributed by atoms with Gasteiger partial charge in [-0.1, -0.05) is 10.2 Å². The molecule has 0 saturated carbocycles. The van der Waals surface area contributed by atoms with Gasteiger partial charge in [0.25, 0.3) is 0 Å². The number of nitrogens with two attached hydrogens (primary N) is 2. The Morgan fingerprint density at radius 2 is 1.24 bits per heavy atom. The van der Waals surface area contributed by atoms with E-state index in [4.69, 9.17) is 27.3 Å². The molecule has 13 heteroatoms. The zero-order chi connectivity index (χ0) is 18.9. The third kappa shape index (κ3) is 10.8. The van der Waals surface area contributed by atoms with Gasteiger partial charge < -0.3 is 26.0 Å². The van der Waals surface area contributed by atoms with Crippen molar-refractivity contribution in [1.29, 1.82) is 0 Å². The van der Waals surface area contributed by atoms with Gasteiger partial charge in [0.15, 0.2) is 0 Å². The van der Waals surface area contributed by atoms with E-state index >= 15 is 0 Å². The lowest BCUT2D eigenvalue weighted by Crippen LogP contribution is -2.40. The Balaban J connectivity index is 4.23. The van der Waals surface area contributed by atoms with Crippen molar-refractivity contribution < 1.29 is 14.3 Å². The average Bonchev–Trinajstić information content (AvgIpc) is 2.61. The highest BCUT2D eigenvalue weighted by Gasteiger charge is 2.13. The van der Waals surface area contributed by atoms with E-state index in [2.05, 4.69) is 20.1 Å². The van der Waals surface area contributed by atoms with Crippen LogP contribution in [0.3, 0.4) is 0 Å². The zero-order valence-corrected chi connectivity index (χ0v) is 14.0. The fourth-order valence-corrected chi connectivity index (χ4v) is 1.87. The van der Waals surface area contributed by atoms with Crippen molar-refractivity contribution in [3.8, 4) is 0 Å². The molecule has 0 heterocycles. The van der Waals surface area contributed by atoms with Gasteiger partial charge in [-0.25, -0.2) is 0 Å². The summed E-state index contributed by atoms with van der Waals surface area (Å²) in [5.74, 6) is -0.665. The van der Waals surface area contributed by atoms with Crippen molar-refractivity contribution in [2.24, 2.45) is 21.7 Å². The Kier molecular flexibility index (Phi) is 13.5. The number of amides is 2. The molecule has 0 fully saturated rings. The molecule has 0 aliphatic carbocycles. The van der Waals surface area contributed by atoms with E-state index in [1.807, 2.05) is 0 Å². The van der Waals surface area contributed by atoms with Crippen LogP contribution < -0.4 is 11.5 Å². The first kappa shape index (κ1) is 22.4. The zero-order valence-electron chi connectivity index (χ0n) is 14.0. The smallest absolute Gasteiger partial charge is 0.228 e. The van der Waals surface area contributed by atoms with Crippen LogP contribution in [-0.4, -0.2) is 87.2 Å². The molecule has 0 bridgehead atoms. The number of hydrogen-bond acceptors (Lipinski definition) is 7. The summed E-state index contributed by atoms with van der Waals surface area (Å²) >= 11 is 0. The van der Waals surface area contributed by atoms with Crippen LogP contribution in [0.1, 0.15) is 0 Å². The molecule has 0 aromatic rings. The lowest BCUT2D eigenvalue weighted by Gasteiger charge is -2.23. The number of ether oxygens (including phenoxy) is 1. The predicted molar refractivity (Wildman–Crippen MR) is 90.1 cm³/mol. The highest BCUT2D eigenvalue weighted by Crippen LogP contribution is 1.94. The molecule has 0 aromatic heterocycles. The molecule has 13 nitrogen and oxygen atoms in total. The van der Waals surface area contributed by atoms with Crippen LogP contribution in [0.25, 0.3) is 20.9 Å². The minimum Gasteiger partial charge on any atom is -0.378 e. The van der Waals surface area contributed by atoms with Gasteiger partial charge in [0, 0.05) is 49.1 Å². The van der Waals surface area contributed by atoms with Gasteiger partial charge in [0.1, 0.15) is 13.1 Å². The van der Waals surface area contributed by atoms with Crippen molar-refractivity contribution in [1.82, 2.24) is 9.80 Å². The molecule has 0 aromatic carbocycles. The normalized spacial score (nSPS) is 9.68. The molecule has 4 N–H and O–H groups in total. The van der Waals surface area contributed by atoms with Crippen LogP contribution in [0, 0.1) is 0 Å². The Labute approximate surface area is 145 Å². The summed E-state index contributed by atoms with van der Waals surface area (Å²) < 4.78 is 5.42. The average molecular weight is 356 g/mol. The molecule has 2 amide bonds. The summed E-state index contributed by atoms with van der Waals surface area (Å²) in [4.78, 5) is 31.5. The fraction of sp³-hybridized carbons (Fsp3) is 0.833. The van der Waals surface area contributed by atoms with Gasteiger partial charge in [0.05, 0.1) is 13.2 Å². The van der Waals surface area contributed by atoms with E-state index in [1.54, 1.807) is 0 Å². The number of carbonyl (C=O) groups excluding carboxylic acids is 2. The summed E-state index contributed by atoms with van der Waals surface area (Å²) in [7, 11) is 0. The minimum absolute atomic E-state index is 0.239. The molecule has 0 atom stereocenters. The van der Waals surface area contributed by atoms with E-state index < -0.39 is 0 Å². The van der Waals surface area contributed by atoms with Gasteiger partial charge in [-0.2, -0.15) is 0 Å². The van der Waals surface area contributed by atoms with E-state index in [0.29, 0.717) is 26.2 Å². The third-order valence-electron chi connectivity index (χ3n) is 3.05. The van der Waals surface area contributed by atoms with Crippen molar-refractivity contribution >= 4 is 11.8 Å². The van der Waals surface area contributed by atoms with E-state index in [-0.39, 0.29) is 51.2 Å². The highest BCUT2D eigenvalue weighted by atomic mass is 16.5. The second kappa shape index (κ2) is 15.0. The van der Waals surface area contributed by atoms with Gasteiger partial charge in [-0.15, -0.1) is 0 Å². The second-order valence-corrected chi connectivity index (χ2v) is 4.73. The first-order valence-corrected chi connectivity index (χ1v) is 7.65. The Morgan fingerprint density at radius 1 is 0.840 bits per heavy atom. The summed E-state index contributed by atoms with van der Waals surface area (Å²) in [6.45, 7) is 1.73. The predicted octanol–water partition coefficient (Wildman–Crippen LogP) is -0.802. The van der Waals surface area contributed by atoms with Gasteiger partial charge in [-0.3, -0.25) is 9.59 Å².